The molecule has 2 heterocycles. The van der Waals surface area contributed by atoms with Gasteiger partial charge in [-0.15, -0.1) is 0 Å². The van der Waals surface area contributed by atoms with Crippen LogP contribution in [0, 0.1) is 5.92 Å². The molecule has 0 unspecified atom stereocenters. The summed E-state index contributed by atoms with van der Waals surface area (Å²) in [5, 5.41) is 2.84. The van der Waals surface area contributed by atoms with E-state index in [0.717, 1.165) is 0 Å². The van der Waals surface area contributed by atoms with Crippen molar-refractivity contribution in [2.45, 2.75) is 77.0 Å². The van der Waals surface area contributed by atoms with E-state index in [9.17, 15) is 14.4 Å². The highest BCUT2D eigenvalue weighted by molar-refractivity contribution is 5.78. The largest absolute Gasteiger partial charge is 0.465 e. The van der Waals surface area contributed by atoms with Crippen molar-refractivity contribution in [2.24, 2.45) is 5.92 Å². The minimum atomic E-state index is -1.71. The van der Waals surface area contributed by atoms with Gasteiger partial charge in [0.05, 0.1) is 19.8 Å². The normalized spacial score (nSPS) is 34.9. The molecule has 10 nitrogen and oxygen atoms in total. The maximum Gasteiger partial charge on any atom is 0.366 e. The Kier molecular flexibility index (Phi) is 7.26. The molecular weight excluding hydrogens is 386 g/mol. The molecule has 0 aromatic heterocycles. The molecule has 2 fully saturated rings. The molecule has 2 aliphatic heterocycles. The van der Waals surface area contributed by atoms with E-state index in [1.807, 2.05) is 6.92 Å². The van der Waals surface area contributed by atoms with Crippen LogP contribution in [0.5, 0.6) is 0 Å². The standard InChI is InChI=1S/C19H31NO9/c1-10-8-19(25-7,17(23)24-6)29-16(14(10)20-11(2)21)15(27-12(3)22)13-9-26-18(4,5)28-13/h10,13-16H,8-9H2,1-7H3,(H,20,21)/t10-,13+,14+,15+,16+,19-/m0/s1. The molecule has 2 rings (SSSR count). The van der Waals surface area contributed by atoms with Crippen molar-refractivity contribution in [2.75, 3.05) is 20.8 Å². The summed E-state index contributed by atoms with van der Waals surface area (Å²) in [6.45, 7) is 8.10. The highest BCUT2D eigenvalue weighted by atomic mass is 16.8. The van der Waals surface area contributed by atoms with Crippen LogP contribution in [0.15, 0.2) is 0 Å². The monoisotopic (exact) mass is 417 g/mol. The fourth-order valence-corrected chi connectivity index (χ4v) is 3.87. The number of nitrogens with one attached hydrogen (secondary N) is 1. The van der Waals surface area contributed by atoms with E-state index < -0.39 is 47.9 Å². The van der Waals surface area contributed by atoms with E-state index in [0.29, 0.717) is 0 Å². The predicted octanol–water partition coefficient (Wildman–Crippen LogP) is 0.515. The van der Waals surface area contributed by atoms with Crippen LogP contribution in [-0.2, 0) is 42.8 Å². The van der Waals surface area contributed by atoms with Gasteiger partial charge in [0.2, 0.25) is 5.91 Å². The molecule has 10 heteroatoms. The summed E-state index contributed by atoms with van der Waals surface area (Å²) in [4.78, 5) is 36.2. The first-order valence-electron chi connectivity index (χ1n) is 9.52. The van der Waals surface area contributed by atoms with Crippen molar-refractivity contribution in [3.05, 3.63) is 0 Å². The molecule has 166 valence electrons. The number of amides is 1. The highest BCUT2D eigenvalue weighted by Crippen LogP contribution is 2.39. The van der Waals surface area contributed by atoms with Crippen molar-refractivity contribution < 1.29 is 42.8 Å². The Morgan fingerprint density at radius 3 is 2.24 bits per heavy atom. The minimum Gasteiger partial charge on any atom is -0.465 e. The van der Waals surface area contributed by atoms with Crippen LogP contribution in [0.3, 0.4) is 0 Å². The Balaban J connectivity index is 2.46. The number of carbonyl (C=O) groups is 3. The Morgan fingerprint density at radius 2 is 1.79 bits per heavy atom. The van der Waals surface area contributed by atoms with Gasteiger partial charge >= 0.3 is 11.9 Å². The number of esters is 2. The summed E-state index contributed by atoms with van der Waals surface area (Å²) in [7, 11) is 2.56. The molecule has 0 saturated carbocycles. The summed E-state index contributed by atoms with van der Waals surface area (Å²) in [5.41, 5.74) is 0. The van der Waals surface area contributed by atoms with E-state index in [1.54, 1.807) is 13.8 Å². The van der Waals surface area contributed by atoms with Crippen molar-refractivity contribution in [1.29, 1.82) is 0 Å². The molecule has 0 bridgehead atoms. The van der Waals surface area contributed by atoms with Gasteiger partial charge in [0.15, 0.2) is 11.9 Å². The second-order valence-electron chi connectivity index (χ2n) is 7.88. The molecule has 2 aliphatic rings. The lowest BCUT2D eigenvalue weighted by atomic mass is 9.83. The molecule has 0 aromatic rings. The van der Waals surface area contributed by atoms with Crippen molar-refractivity contribution in [3.63, 3.8) is 0 Å². The Labute approximate surface area is 170 Å². The van der Waals surface area contributed by atoms with Gasteiger partial charge in [-0.3, -0.25) is 9.59 Å². The van der Waals surface area contributed by atoms with Crippen molar-refractivity contribution in [1.82, 2.24) is 5.32 Å². The lowest BCUT2D eigenvalue weighted by molar-refractivity contribution is -0.300. The van der Waals surface area contributed by atoms with E-state index in [2.05, 4.69) is 5.32 Å². The van der Waals surface area contributed by atoms with Crippen LogP contribution < -0.4 is 5.32 Å². The Bertz CT molecular complexity index is 637. The van der Waals surface area contributed by atoms with E-state index >= 15 is 0 Å². The highest BCUT2D eigenvalue weighted by Gasteiger charge is 2.57. The zero-order chi connectivity index (χ0) is 22.0. The molecule has 0 aliphatic carbocycles. The first-order chi connectivity index (χ1) is 13.4. The Morgan fingerprint density at radius 1 is 1.14 bits per heavy atom. The Hall–Kier alpha value is -1.75. The number of rotatable bonds is 6. The number of carbonyl (C=O) groups excluding carboxylic acids is 3. The maximum absolute atomic E-state index is 12.5. The first kappa shape index (κ1) is 23.5. The molecule has 1 N–H and O–H groups in total. The second-order valence-corrected chi connectivity index (χ2v) is 7.88. The number of ether oxygens (including phenoxy) is 6. The molecule has 6 atom stereocenters. The zero-order valence-corrected chi connectivity index (χ0v) is 18.0. The molecule has 0 radical (unpaired) electrons. The van der Waals surface area contributed by atoms with Gasteiger partial charge in [-0.1, -0.05) is 6.92 Å². The third kappa shape index (κ3) is 5.25. The topological polar surface area (TPSA) is 119 Å². The smallest absolute Gasteiger partial charge is 0.366 e. The van der Waals surface area contributed by atoms with Crippen molar-refractivity contribution in [3.8, 4) is 0 Å². The van der Waals surface area contributed by atoms with Crippen LogP contribution in [0.4, 0.5) is 0 Å². The molecule has 29 heavy (non-hydrogen) atoms. The fraction of sp³-hybridized carbons (Fsp3) is 0.842. The lowest BCUT2D eigenvalue weighted by Gasteiger charge is -2.48. The minimum absolute atomic E-state index is 0.137. The number of methoxy groups -OCH3 is 2. The third-order valence-electron chi connectivity index (χ3n) is 5.10. The molecule has 0 spiro atoms. The summed E-state index contributed by atoms with van der Waals surface area (Å²) in [5.74, 6) is -4.43. The SMILES string of the molecule is COC(=O)[C@]1(OC)C[C@H](C)[C@@H](NC(C)=O)[C@H]([C@H](OC(C)=O)[C@H]2COC(C)(C)O2)O1. The predicted molar refractivity (Wildman–Crippen MR) is 98.5 cm³/mol. The van der Waals surface area contributed by atoms with Gasteiger partial charge in [0, 0.05) is 27.4 Å². The average Bonchev–Trinajstić information content (AvgIpc) is 2.99. The summed E-state index contributed by atoms with van der Waals surface area (Å²) in [6, 6.07) is -0.572. The zero-order valence-electron chi connectivity index (χ0n) is 18.0. The van der Waals surface area contributed by atoms with Crippen LogP contribution in [-0.4, -0.2) is 74.6 Å². The summed E-state index contributed by atoms with van der Waals surface area (Å²) in [6.07, 6.45) is -2.45. The summed E-state index contributed by atoms with van der Waals surface area (Å²) >= 11 is 0. The van der Waals surface area contributed by atoms with Gasteiger partial charge in [0.1, 0.15) is 12.2 Å². The molecule has 1 amide bonds. The summed E-state index contributed by atoms with van der Waals surface area (Å²) < 4.78 is 33.4. The van der Waals surface area contributed by atoms with E-state index in [4.69, 9.17) is 28.4 Å². The van der Waals surface area contributed by atoms with E-state index in [1.165, 1.54) is 28.1 Å². The van der Waals surface area contributed by atoms with Crippen LogP contribution in [0.25, 0.3) is 0 Å². The lowest BCUT2D eigenvalue weighted by Crippen LogP contribution is -2.66. The van der Waals surface area contributed by atoms with Crippen LogP contribution in [0.2, 0.25) is 0 Å². The molecule has 2 saturated heterocycles. The molecular formula is C19H31NO9. The van der Waals surface area contributed by atoms with Gasteiger partial charge in [-0.05, 0) is 19.8 Å². The van der Waals surface area contributed by atoms with E-state index in [-0.39, 0.29) is 24.9 Å². The first-order valence-corrected chi connectivity index (χ1v) is 9.52. The van der Waals surface area contributed by atoms with Gasteiger partial charge in [-0.2, -0.15) is 0 Å². The van der Waals surface area contributed by atoms with Crippen LogP contribution in [0.1, 0.15) is 41.0 Å². The number of hydrogen-bond acceptors (Lipinski definition) is 9. The van der Waals surface area contributed by atoms with Gasteiger partial charge in [-0.25, -0.2) is 4.79 Å². The second kappa shape index (κ2) is 8.95. The van der Waals surface area contributed by atoms with Crippen LogP contribution >= 0.6 is 0 Å². The third-order valence-corrected chi connectivity index (χ3v) is 5.10. The van der Waals surface area contributed by atoms with Gasteiger partial charge < -0.3 is 33.7 Å². The molecule has 0 aromatic carbocycles. The average molecular weight is 417 g/mol. The van der Waals surface area contributed by atoms with Crippen molar-refractivity contribution >= 4 is 17.8 Å². The fourth-order valence-electron chi connectivity index (χ4n) is 3.87. The maximum atomic E-state index is 12.5. The quantitative estimate of drug-likeness (QED) is 0.617. The van der Waals surface area contributed by atoms with Gasteiger partial charge in [0.25, 0.3) is 5.79 Å². The number of hydrogen-bond donors (Lipinski definition) is 1.